The summed E-state index contributed by atoms with van der Waals surface area (Å²) in [6, 6.07) is 8.06. The summed E-state index contributed by atoms with van der Waals surface area (Å²) in [5, 5.41) is 3.41. The van der Waals surface area contributed by atoms with Gasteiger partial charge < -0.3 is 15.0 Å². The van der Waals surface area contributed by atoms with Gasteiger partial charge in [0.2, 0.25) is 5.91 Å². The van der Waals surface area contributed by atoms with Crippen LogP contribution in [0.4, 0.5) is 0 Å². The van der Waals surface area contributed by atoms with Crippen molar-refractivity contribution in [3.63, 3.8) is 0 Å². The van der Waals surface area contributed by atoms with Gasteiger partial charge in [-0.05, 0) is 24.3 Å². The number of rotatable bonds is 6. The lowest BCUT2D eigenvalue weighted by molar-refractivity contribution is -0.135. The SMILES string of the molecule is COc1ccccc1C1CNCCN1C(=O)CC(C)CC(C)C. The molecule has 0 saturated carbocycles. The van der Waals surface area contributed by atoms with Crippen LogP contribution in [0.15, 0.2) is 24.3 Å². The number of nitrogens with one attached hydrogen (secondary N) is 1. The number of benzene rings is 1. The quantitative estimate of drug-likeness (QED) is 0.875. The van der Waals surface area contributed by atoms with Gasteiger partial charge in [-0.25, -0.2) is 0 Å². The number of methoxy groups -OCH3 is 1. The third-order valence-corrected chi connectivity index (χ3v) is 4.46. The smallest absolute Gasteiger partial charge is 0.223 e. The average Bonchev–Trinajstić information content (AvgIpc) is 2.54. The number of ether oxygens (including phenoxy) is 1. The van der Waals surface area contributed by atoms with Crippen molar-refractivity contribution in [3.8, 4) is 5.75 Å². The molecule has 128 valence electrons. The predicted octanol–water partition coefficient (Wildman–Crippen LogP) is 3.24. The number of amides is 1. The zero-order valence-electron chi connectivity index (χ0n) is 14.8. The molecule has 0 spiro atoms. The maximum atomic E-state index is 12.8. The number of para-hydroxylation sites is 1. The van der Waals surface area contributed by atoms with Crippen LogP contribution in [0, 0.1) is 11.8 Å². The van der Waals surface area contributed by atoms with Crippen LogP contribution < -0.4 is 10.1 Å². The first-order chi connectivity index (χ1) is 11.0. The van der Waals surface area contributed by atoms with E-state index in [1.807, 2.05) is 23.1 Å². The first-order valence-corrected chi connectivity index (χ1v) is 8.66. The Morgan fingerprint density at radius 2 is 2.09 bits per heavy atom. The zero-order chi connectivity index (χ0) is 16.8. The van der Waals surface area contributed by atoms with Gasteiger partial charge in [-0.3, -0.25) is 4.79 Å². The van der Waals surface area contributed by atoms with Gasteiger partial charge >= 0.3 is 0 Å². The van der Waals surface area contributed by atoms with E-state index in [2.05, 4.69) is 32.2 Å². The molecule has 0 radical (unpaired) electrons. The number of hydrogen-bond acceptors (Lipinski definition) is 3. The summed E-state index contributed by atoms with van der Waals surface area (Å²) in [7, 11) is 1.69. The first kappa shape index (κ1) is 17.8. The van der Waals surface area contributed by atoms with Crippen molar-refractivity contribution < 1.29 is 9.53 Å². The molecule has 0 aliphatic carbocycles. The fourth-order valence-corrected chi connectivity index (χ4v) is 3.53. The fraction of sp³-hybridized carbons (Fsp3) is 0.632. The minimum absolute atomic E-state index is 0.0543. The lowest BCUT2D eigenvalue weighted by Gasteiger charge is -2.37. The summed E-state index contributed by atoms with van der Waals surface area (Å²) >= 11 is 0. The van der Waals surface area contributed by atoms with E-state index in [1.54, 1.807) is 7.11 Å². The second-order valence-corrected chi connectivity index (χ2v) is 6.99. The highest BCUT2D eigenvalue weighted by atomic mass is 16.5. The van der Waals surface area contributed by atoms with Crippen LogP contribution in [-0.2, 0) is 4.79 Å². The molecule has 1 aliphatic rings. The van der Waals surface area contributed by atoms with E-state index in [0.717, 1.165) is 37.4 Å². The van der Waals surface area contributed by atoms with Crippen molar-refractivity contribution in [2.45, 2.75) is 39.7 Å². The number of carbonyl (C=O) groups excluding carboxylic acids is 1. The largest absolute Gasteiger partial charge is 0.496 e. The average molecular weight is 318 g/mol. The van der Waals surface area contributed by atoms with Gasteiger partial charge in [-0.1, -0.05) is 39.0 Å². The van der Waals surface area contributed by atoms with Crippen LogP contribution in [0.5, 0.6) is 5.75 Å². The van der Waals surface area contributed by atoms with E-state index in [1.165, 1.54) is 0 Å². The van der Waals surface area contributed by atoms with Crippen LogP contribution in [0.1, 0.15) is 45.2 Å². The Morgan fingerprint density at radius 3 is 2.78 bits per heavy atom. The predicted molar refractivity (Wildman–Crippen MR) is 93.6 cm³/mol. The van der Waals surface area contributed by atoms with Gasteiger partial charge in [0.15, 0.2) is 0 Å². The Labute approximate surface area is 140 Å². The van der Waals surface area contributed by atoms with Crippen LogP contribution >= 0.6 is 0 Å². The summed E-state index contributed by atoms with van der Waals surface area (Å²) in [5.74, 6) is 2.17. The van der Waals surface area contributed by atoms with Crippen LogP contribution in [0.2, 0.25) is 0 Å². The van der Waals surface area contributed by atoms with E-state index >= 15 is 0 Å². The second kappa shape index (κ2) is 8.34. The van der Waals surface area contributed by atoms with Crippen molar-refractivity contribution in [2.75, 3.05) is 26.7 Å². The van der Waals surface area contributed by atoms with Gasteiger partial charge in [0, 0.05) is 31.6 Å². The van der Waals surface area contributed by atoms with Gasteiger partial charge in [-0.15, -0.1) is 0 Å². The van der Waals surface area contributed by atoms with Crippen LogP contribution in [-0.4, -0.2) is 37.6 Å². The van der Waals surface area contributed by atoms with Crippen molar-refractivity contribution in [1.82, 2.24) is 10.2 Å². The Hall–Kier alpha value is -1.55. The molecule has 0 aromatic heterocycles. The molecule has 2 rings (SSSR count). The zero-order valence-corrected chi connectivity index (χ0v) is 14.8. The van der Waals surface area contributed by atoms with Crippen LogP contribution in [0.25, 0.3) is 0 Å². The minimum Gasteiger partial charge on any atom is -0.496 e. The molecule has 1 aromatic carbocycles. The highest BCUT2D eigenvalue weighted by molar-refractivity contribution is 5.77. The number of nitrogens with zero attached hydrogens (tertiary/aromatic N) is 1. The Morgan fingerprint density at radius 1 is 1.35 bits per heavy atom. The molecule has 2 unspecified atom stereocenters. The van der Waals surface area contributed by atoms with Gasteiger partial charge in [-0.2, -0.15) is 0 Å². The first-order valence-electron chi connectivity index (χ1n) is 8.66. The molecular formula is C19H30N2O2. The third kappa shape index (κ3) is 4.71. The summed E-state index contributed by atoms with van der Waals surface area (Å²) in [6.07, 6.45) is 1.72. The van der Waals surface area contributed by atoms with E-state index in [9.17, 15) is 4.79 Å². The van der Waals surface area contributed by atoms with Crippen molar-refractivity contribution >= 4 is 5.91 Å². The topological polar surface area (TPSA) is 41.6 Å². The van der Waals surface area contributed by atoms with Gasteiger partial charge in [0.25, 0.3) is 0 Å². The molecule has 1 amide bonds. The summed E-state index contributed by atoms with van der Waals surface area (Å²) in [6.45, 7) is 9.00. The number of hydrogen-bond donors (Lipinski definition) is 1. The maximum absolute atomic E-state index is 12.8. The Kier molecular flexibility index (Phi) is 6.46. The molecular weight excluding hydrogens is 288 g/mol. The fourth-order valence-electron chi connectivity index (χ4n) is 3.53. The normalized spacial score (nSPS) is 19.7. The molecule has 1 fully saturated rings. The molecule has 1 aliphatic heterocycles. The summed E-state index contributed by atoms with van der Waals surface area (Å²) < 4.78 is 5.49. The van der Waals surface area contributed by atoms with Gasteiger partial charge in [0.05, 0.1) is 13.2 Å². The van der Waals surface area contributed by atoms with E-state index in [0.29, 0.717) is 18.3 Å². The minimum atomic E-state index is 0.0543. The van der Waals surface area contributed by atoms with E-state index in [4.69, 9.17) is 4.74 Å². The Bertz CT molecular complexity index is 516. The van der Waals surface area contributed by atoms with E-state index < -0.39 is 0 Å². The second-order valence-electron chi connectivity index (χ2n) is 6.99. The van der Waals surface area contributed by atoms with Crippen molar-refractivity contribution in [2.24, 2.45) is 11.8 Å². The molecule has 23 heavy (non-hydrogen) atoms. The molecule has 0 bridgehead atoms. The highest BCUT2D eigenvalue weighted by Gasteiger charge is 2.30. The number of carbonyl (C=O) groups is 1. The molecule has 1 aromatic rings. The third-order valence-electron chi connectivity index (χ3n) is 4.46. The lowest BCUT2D eigenvalue weighted by atomic mass is 9.94. The molecule has 1 saturated heterocycles. The maximum Gasteiger partial charge on any atom is 0.223 e. The van der Waals surface area contributed by atoms with Crippen molar-refractivity contribution in [3.05, 3.63) is 29.8 Å². The standard InChI is InChI=1S/C19H30N2O2/c1-14(2)11-15(3)12-19(22)21-10-9-20-13-17(21)16-7-5-6-8-18(16)23-4/h5-8,14-15,17,20H,9-13H2,1-4H3. The summed E-state index contributed by atoms with van der Waals surface area (Å²) in [5.41, 5.74) is 1.09. The van der Waals surface area contributed by atoms with Crippen LogP contribution in [0.3, 0.4) is 0 Å². The lowest BCUT2D eigenvalue weighted by Crippen LogP contribution is -2.49. The molecule has 2 atom stereocenters. The number of piperazine rings is 1. The molecule has 4 nitrogen and oxygen atoms in total. The summed E-state index contributed by atoms with van der Waals surface area (Å²) in [4.78, 5) is 14.9. The van der Waals surface area contributed by atoms with Crippen molar-refractivity contribution in [1.29, 1.82) is 0 Å². The van der Waals surface area contributed by atoms with Gasteiger partial charge in [0.1, 0.15) is 5.75 Å². The van der Waals surface area contributed by atoms with E-state index in [-0.39, 0.29) is 11.9 Å². The monoisotopic (exact) mass is 318 g/mol. The molecule has 4 heteroatoms. The highest BCUT2D eigenvalue weighted by Crippen LogP contribution is 2.31. The Balaban J connectivity index is 2.13. The molecule has 1 heterocycles. The molecule has 1 N–H and O–H groups in total.